The third kappa shape index (κ3) is 8.11. The van der Waals surface area contributed by atoms with Gasteiger partial charge in [-0.15, -0.1) is 0 Å². The van der Waals surface area contributed by atoms with E-state index in [1.807, 2.05) is 49.5 Å². The molecule has 0 heterocycles. The first kappa shape index (κ1) is 21.6. The zero-order chi connectivity index (χ0) is 19.5. The normalized spacial score (nSPS) is 11.3. The van der Waals surface area contributed by atoms with E-state index >= 15 is 0 Å². The number of carbonyl (C=O) groups excluding carboxylic acids is 3. The summed E-state index contributed by atoms with van der Waals surface area (Å²) in [5, 5.41) is 5.01. The summed E-state index contributed by atoms with van der Waals surface area (Å²) in [5.41, 5.74) is 7.05. The van der Waals surface area contributed by atoms with Crippen molar-refractivity contribution < 1.29 is 19.1 Å². The Bertz CT molecular complexity index is 607. The molecule has 0 aliphatic carbocycles. The summed E-state index contributed by atoms with van der Waals surface area (Å²) in [6.45, 7) is -0.0790. The van der Waals surface area contributed by atoms with E-state index in [2.05, 4.69) is 10.6 Å². The number of nitrogens with two attached hydrogens (primary N) is 1. The second kappa shape index (κ2) is 11.2. The van der Waals surface area contributed by atoms with Crippen molar-refractivity contribution in [1.82, 2.24) is 10.6 Å². The fourth-order valence-electron chi connectivity index (χ4n) is 2.06. The van der Waals surface area contributed by atoms with Crippen LogP contribution < -0.4 is 21.3 Å². The Labute approximate surface area is 157 Å². The maximum atomic E-state index is 12.0. The summed E-state index contributed by atoms with van der Waals surface area (Å²) in [6.07, 6.45) is 2.26. The lowest BCUT2D eigenvalue weighted by Crippen LogP contribution is -2.45. The molecule has 0 aliphatic rings. The molecule has 26 heavy (non-hydrogen) atoms. The molecular formula is C17H26N4O4S. The van der Waals surface area contributed by atoms with Crippen molar-refractivity contribution in [2.75, 3.05) is 37.6 Å². The van der Waals surface area contributed by atoms with E-state index in [0.29, 0.717) is 18.7 Å². The minimum Gasteiger partial charge on any atom is -0.454 e. The molecule has 1 atom stereocenters. The topological polar surface area (TPSA) is 114 Å². The van der Waals surface area contributed by atoms with Crippen LogP contribution in [0.2, 0.25) is 0 Å². The van der Waals surface area contributed by atoms with Gasteiger partial charge in [-0.2, -0.15) is 11.8 Å². The number of esters is 1. The number of nitrogens with one attached hydrogen (secondary N) is 2. The monoisotopic (exact) mass is 382 g/mol. The maximum absolute atomic E-state index is 12.0. The molecule has 1 rings (SSSR count). The zero-order valence-corrected chi connectivity index (χ0v) is 16.1. The molecule has 0 aliphatic heterocycles. The summed E-state index contributed by atoms with van der Waals surface area (Å²) < 4.78 is 4.97. The number of nitrogens with zero attached hydrogens (tertiary/aromatic N) is 1. The number of benzene rings is 1. The third-order valence-electron chi connectivity index (χ3n) is 3.50. The Balaban J connectivity index is 2.41. The number of urea groups is 1. The predicted octanol–water partition coefficient (Wildman–Crippen LogP) is 0.702. The molecular weight excluding hydrogens is 356 g/mol. The molecule has 3 amide bonds. The third-order valence-corrected chi connectivity index (χ3v) is 4.14. The molecule has 0 aromatic heterocycles. The quantitative estimate of drug-likeness (QED) is 0.514. The van der Waals surface area contributed by atoms with Crippen LogP contribution >= 0.6 is 11.8 Å². The lowest BCUT2D eigenvalue weighted by Gasteiger charge is -2.16. The van der Waals surface area contributed by atoms with Gasteiger partial charge >= 0.3 is 12.0 Å². The highest BCUT2D eigenvalue weighted by molar-refractivity contribution is 7.98. The number of anilines is 1. The van der Waals surface area contributed by atoms with Gasteiger partial charge in [-0.1, -0.05) is 12.1 Å². The van der Waals surface area contributed by atoms with Crippen LogP contribution in [0.25, 0.3) is 0 Å². The van der Waals surface area contributed by atoms with Gasteiger partial charge in [0.05, 0.1) is 0 Å². The molecule has 0 fully saturated rings. The van der Waals surface area contributed by atoms with Crippen molar-refractivity contribution in [3.63, 3.8) is 0 Å². The highest BCUT2D eigenvalue weighted by Crippen LogP contribution is 2.11. The standard InChI is InChI=1S/C17H26N4O4S/c1-21(2)13-6-4-12(5-7-13)10-19-15(22)11-25-16(23)14(8-9-26-3)20-17(18)24/h4-7,14H,8-11H2,1-3H3,(H,19,22)(H3,18,20,24)/t14-/m1/s1. The molecule has 144 valence electrons. The summed E-state index contributed by atoms with van der Waals surface area (Å²) in [6, 6.07) is 6.07. The van der Waals surface area contributed by atoms with Crippen molar-refractivity contribution in [3.8, 4) is 0 Å². The number of ether oxygens (including phenoxy) is 1. The van der Waals surface area contributed by atoms with Crippen LogP contribution in [0.15, 0.2) is 24.3 Å². The van der Waals surface area contributed by atoms with Crippen molar-refractivity contribution in [3.05, 3.63) is 29.8 Å². The Morgan fingerprint density at radius 1 is 1.23 bits per heavy atom. The molecule has 0 saturated heterocycles. The maximum Gasteiger partial charge on any atom is 0.329 e. The average molecular weight is 382 g/mol. The fourth-order valence-corrected chi connectivity index (χ4v) is 2.53. The molecule has 1 aromatic rings. The SMILES string of the molecule is CSCC[C@@H](NC(N)=O)C(=O)OCC(=O)NCc1ccc(N(C)C)cc1. The van der Waals surface area contributed by atoms with Crippen LogP contribution in [-0.4, -0.2) is 56.7 Å². The van der Waals surface area contributed by atoms with Gasteiger partial charge in [0.2, 0.25) is 0 Å². The van der Waals surface area contributed by atoms with E-state index in [1.165, 1.54) is 11.8 Å². The number of hydrogen-bond acceptors (Lipinski definition) is 6. The smallest absolute Gasteiger partial charge is 0.329 e. The van der Waals surface area contributed by atoms with Gasteiger partial charge in [-0.25, -0.2) is 9.59 Å². The Kier molecular flexibility index (Phi) is 9.35. The van der Waals surface area contributed by atoms with Crippen LogP contribution in [0.4, 0.5) is 10.5 Å². The fraction of sp³-hybridized carbons (Fsp3) is 0.471. The van der Waals surface area contributed by atoms with Gasteiger partial charge in [0.25, 0.3) is 5.91 Å². The number of amides is 3. The van der Waals surface area contributed by atoms with Crippen molar-refractivity contribution in [2.45, 2.75) is 19.0 Å². The second-order valence-corrected chi connectivity index (χ2v) is 6.77. The highest BCUT2D eigenvalue weighted by Gasteiger charge is 2.21. The first-order valence-electron chi connectivity index (χ1n) is 8.08. The number of hydrogen-bond donors (Lipinski definition) is 3. The minimum atomic E-state index is -0.855. The van der Waals surface area contributed by atoms with Gasteiger partial charge in [0.1, 0.15) is 6.04 Å². The van der Waals surface area contributed by atoms with E-state index in [9.17, 15) is 14.4 Å². The number of thioether (sulfide) groups is 1. The molecule has 0 saturated carbocycles. The van der Waals surface area contributed by atoms with E-state index < -0.39 is 30.6 Å². The largest absolute Gasteiger partial charge is 0.454 e. The second-order valence-electron chi connectivity index (χ2n) is 5.79. The van der Waals surface area contributed by atoms with Gasteiger partial charge in [-0.05, 0) is 36.1 Å². The molecule has 4 N–H and O–H groups in total. The minimum absolute atomic E-state index is 0.333. The molecule has 0 unspecified atom stereocenters. The summed E-state index contributed by atoms with van der Waals surface area (Å²) in [4.78, 5) is 36.8. The van der Waals surface area contributed by atoms with Crippen LogP contribution in [0, 0.1) is 0 Å². The van der Waals surface area contributed by atoms with E-state index in [-0.39, 0.29) is 0 Å². The van der Waals surface area contributed by atoms with Crippen LogP contribution in [0.1, 0.15) is 12.0 Å². The first-order valence-corrected chi connectivity index (χ1v) is 9.47. The Morgan fingerprint density at radius 2 is 1.88 bits per heavy atom. The Morgan fingerprint density at radius 3 is 2.42 bits per heavy atom. The highest BCUT2D eigenvalue weighted by atomic mass is 32.2. The number of primary amides is 1. The van der Waals surface area contributed by atoms with Gasteiger partial charge in [-0.3, -0.25) is 4.79 Å². The molecule has 1 aromatic carbocycles. The zero-order valence-electron chi connectivity index (χ0n) is 15.3. The van der Waals surface area contributed by atoms with Crippen molar-refractivity contribution in [2.24, 2.45) is 5.73 Å². The van der Waals surface area contributed by atoms with Crippen molar-refractivity contribution in [1.29, 1.82) is 0 Å². The van der Waals surface area contributed by atoms with E-state index in [1.54, 1.807) is 0 Å². The lowest BCUT2D eigenvalue weighted by atomic mass is 10.2. The molecule has 0 bridgehead atoms. The molecule has 9 heteroatoms. The van der Waals surface area contributed by atoms with Gasteiger partial charge < -0.3 is 26.0 Å². The lowest BCUT2D eigenvalue weighted by molar-refractivity contribution is -0.150. The average Bonchev–Trinajstić information content (AvgIpc) is 2.61. The first-order chi connectivity index (χ1) is 12.3. The molecule has 8 nitrogen and oxygen atoms in total. The van der Waals surface area contributed by atoms with E-state index in [4.69, 9.17) is 10.5 Å². The van der Waals surface area contributed by atoms with E-state index in [0.717, 1.165) is 11.3 Å². The van der Waals surface area contributed by atoms with Crippen LogP contribution in [0.5, 0.6) is 0 Å². The summed E-state index contributed by atoms with van der Waals surface area (Å²) in [5.74, 6) is -0.448. The molecule has 0 spiro atoms. The van der Waals surface area contributed by atoms with Gasteiger partial charge in [0, 0.05) is 26.3 Å². The van der Waals surface area contributed by atoms with Crippen molar-refractivity contribution >= 4 is 35.4 Å². The summed E-state index contributed by atoms with van der Waals surface area (Å²) in [7, 11) is 3.90. The van der Waals surface area contributed by atoms with Crippen LogP contribution in [0.3, 0.4) is 0 Å². The summed E-state index contributed by atoms with van der Waals surface area (Å²) >= 11 is 1.53. The molecule has 0 radical (unpaired) electrons. The predicted molar refractivity (Wildman–Crippen MR) is 103 cm³/mol. The number of carbonyl (C=O) groups is 3. The van der Waals surface area contributed by atoms with Gasteiger partial charge in [0.15, 0.2) is 6.61 Å². The number of rotatable bonds is 10. The van der Waals surface area contributed by atoms with Crippen LogP contribution in [-0.2, 0) is 20.9 Å². The Hall–Kier alpha value is -2.42.